The van der Waals surface area contributed by atoms with Gasteiger partial charge in [0, 0.05) is 5.38 Å². The second-order valence-corrected chi connectivity index (χ2v) is 5.27. The zero-order chi connectivity index (χ0) is 13.0. The van der Waals surface area contributed by atoms with Crippen LogP contribution < -0.4 is 5.32 Å². The summed E-state index contributed by atoms with van der Waals surface area (Å²) in [7, 11) is 0. The Morgan fingerprint density at radius 1 is 1.39 bits per heavy atom. The first kappa shape index (κ1) is 12.7. The minimum Gasteiger partial charge on any atom is -0.480 e. The molecular formula is C11H10N2O3S2. The molecule has 1 amide bonds. The lowest BCUT2D eigenvalue weighted by molar-refractivity contribution is -0.137. The fraction of sp³-hybridized carbons (Fsp3) is 0.182. The van der Waals surface area contributed by atoms with Crippen LogP contribution in [0.15, 0.2) is 22.9 Å². The molecule has 0 saturated carbocycles. The van der Waals surface area contributed by atoms with Crippen LogP contribution in [0.3, 0.4) is 0 Å². The minimum absolute atomic E-state index is 0.106. The van der Waals surface area contributed by atoms with Crippen molar-refractivity contribution in [1.82, 2.24) is 10.3 Å². The number of carboxylic acids is 1. The standard InChI is InChI=1S/C11H10N2O3S2/c14-9(12-5-10(15)16)4-7-6-18-11(13-7)8-2-1-3-17-8/h1-3,6H,4-5H2,(H,12,14)(H,15,16). The van der Waals surface area contributed by atoms with Gasteiger partial charge in [-0.3, -0.25) is 9.59 Å². The van der Waals surface area contributed by atoms with E-state index in [2.05, 4.69) is 10.3 Å². The first-order valence-electron chi connectivity index (χ1n) is 5.12. The number of hydrogen-bond acceptors (Lipinski definition) is 5. The van der Waals surface area contributed by atoms with E-state index in [4.69, 9.17) is 5.11 Å². The lowest BCUT2D eigenvalue weighted by Gasteiger charge is -1.99. The highest BCUT2D eigenvalue weighted by atomic mass is 32.1. The smallest absolute Gasteiger partial charge is 0.322 e. The fourth-order valence-electron chi connectivity index (χ4n) is 1.30. The van der Waals surface area contributed by atoms with E-state index in [1.54, 1.807) is 11.3 Å². The molecule has 5 nitrogen and oxygen atoms in total. The third-order valence-corrected chi connectivity index (χ3v) is 3.99. The Hall–Kier alpha value is -1.73. The van der Waals surface area contributed by atoms with Crippen molar-refractivity contribution >= 4 is 34.6 Å². The Bertz CT molecular complexity index is 548. The van der Waals surface area contributed by atoms with E-state index in [-0.39, 0.29) is 18.9 Å². The third-order valence-electron chi connectivity index (χ3n) is 2.06. The van der Waals surface area contributed by atoms with Gasteiger partial charge >= 0.3 is 5.97 Å². The maximum Gasteiger partial charge on any atom is 0.322 e. The van der Waals surface area contributed by atoms with E-state index in [9.17, 15) is 9.59 Å². The maximum absolute atomic E-state index is 11.4. The van der Waals surface area contributed by atoms with Crippen molar-refractivity contribution in [2.45, 2.75) is 6.42 Å². The zero-order valence-corrected chi connectivity index (χ0v) is 10.9. The van der Waals surface area contributed by atoms with Gasteiger partial charge in [-0.1, -0.05) is 6.07 Å². The van der Waals surface area contributed by atoms with E-state index in [1.807, 2.05) is 22.9 Å². The van der Waals surface area contributed by atoms with Crippen molar-refractivity contribution < 1.29 is 14.7 Å². The molecule has 7 heteroatoms. The number of carboxylic acid groups (broad SMARTS) is 1. The lowest BCUT2D eigenvalue weighted by Crippen LogP contribution is -2.30. The summed E-state index contributed by atoms with van der Waals surface area (Å²) in [6.45, 7) is -0.360. The monoisotopic (exact) mass is 282 g/mol. The normalized spacial score (nSPS) is 10.2. The first-order chi connectivity index (χ1) is 8.65. The Kier molecular flexibility index (Phi) is 4.06. The van der Waals surface area contributed by atoms with Gasteiger partial charge in [0.1, 0.15) is 11.6 Å². The second-order valence-electron chi connectivity index (χ2n) is 3.47. The van der Waals surface area contributed by atoms with Crippen molar-refractivity contribution in [2.24, 2.45) is 0 Å². The molecule has 0 fully saturated rings. The Balaban J connectivity index is 1.95. The molecule has 0 unspecified atom stereocenters. The molecule has 2 N–H and O–H groups in total. The van der Waals surface area contributed by atoms with Crippen molar-refractivity contribution in [1.29, 1.82) is 0 Å². The van der Waals surface area contributed by atoms with Gasteiger partial charge in [-0.05, 0) is 11.4 Å². The second kappa shape index (κ2) is 5.74. The van der Waals surface area contributed by atoms with Crippen LogP contribution in [-0.4, -0.2) is 28.5 Å². The van der Waals surface area contributed by atoms with E-state index >= 15 is 0 Å². The maximum atomic E-state index is 11.4. The topological polar surface area (TPSA) is 79.3 Å². The highest BCUT2D eigenvalue weighted by molar-refractivity contribution is 7.20. The van der Waals surface area contributed by atoms with Crippen molar-refractivity contribution in [3.63, 3.8) is 0 Å². The third kappa shape index (κ3) is 3.38. The molecular weight excluding hydrogens is 272 g/mol. The number of nitrogens with zero attached hydrogens (tertiary/aromatic N) is 1. The van der Waals surface area contributed by atoms with Gasteiger partial charge in [0.2, 0.25) is 5.91 Å². The van der Waals surface area contributed by atoms with Crippen LogP contribution in [0.25, 0.3) is 9.88 Å². The number of carbonyl (C=O) groups excluding carboxylic acids is 1. The molecule has 0 radical (unpaired) electrons. The quantitative estimate of drug-likeness (QED) is 0.873. The van der Waals surface area contributed by atoms with Gasteiger partial charge < -0.3 is 10.4 Å². The van der Waals surface area contributed by atoms with Crippen molar-refractivity contribution in [3.05, 3.63) is 28.6 Å². The number of hydrogen-bond donors (Lipinski definition) is 2. The predicted molar refractivity (Wildman–Crippen MR) is 69.8 cm³/mol. The number of aromatic nitrogens is 1. The largest absolute Gasteiger partial charge is 0.480 e. The number of thiazole rings is 1. The molecule has 2 rings (SSSR count). The van der Waals surface area contributed by atoms with Crippen LogP contribution in [0.2, 0.25) is 0 Å². The summed E-state index contributed by atoms with van der Waals surface area (Å²) in [6, 6.07) is 3.92. The minimum atomic E-state index is -1.05. The van der Waals surface area contributed by atoms with Crippen molar-refractivity contribution in [2.75, 3.05) is 6.54 Å². The molecule has 0 atom stereocenters. The summed E-state index contributed by atoms with van der Waals surface area (Å²) < 4.78 is 0. The van der Waals surface area contributed by atoms with Gasteiger partial charge in [-0.2, -0.15) is 0 Å². The molecule has 94 valence electrons. The van der Waals surface area contributed by atoms with Crippen LogP contribution in [0.4, 0.5) is 0 Å². The van der Waals surface area contributed by atoms with E-state index < -0.39 is 5.97 Å². The average molecular weight is 282 g/mol. The summed E-state index contributed by atoms with van der Waals surface area (Å²) in [5.41, 5.74) is 0.659. The summed E-state index contributed by atoms with van der Waals surface area (Å²) in [6.07, 6.45) is 0.106. The summed E-state index contributed by atoms with van der Waals surface area (Å²) in [5.74, 6) is -1.39. The average Bonchev–Trinajstić information content (AvgIpc) is 2.95. The molecule has 2 aromatic rings. The number of amides is 1. The molecule has 0 aliphatic rings. The predicted octanol–water partition coefficient (Wildman–Crippen LogP) is 1.61. The Morgan fingerprint density at radius 2 is 2.22 bits per heavy atom. The first-order valence-corrected chi connectivity index (χ1v) is 6.88. The molecule has 2 aromatic heterocycles. The molecule has 2 heterocycles. The molecule has 0 spiro atoms. The highest BCUT2D eigenvalue weighted by Gasteiger charge is 2.10. The van der Waals surface area contributed by atoms with Crippen LogP contribution >= 0.6 is 22.7 Å². The molecule has 0 bridgehead atoms. The van der Waals surface area contributed by atoms with E-state index in [0.717, 1.165) is 9.88 Å². The molecule has 0 aromatic carbocycles. The lowest BCUT2D eigenvalue weighted by atomic mass is 10.3. The Labute approximate surface area is 111 Å². The summed E-state index contributed by atoms with van der Waals surface area (Å²) >= 11 is 3.07. The summed E-state index contributed by atoms with van der Waals surface area (Å²) in [5, 5.41) is 15.4. The Morgan fingerprint density at radius 3 is 2.89 bits per heavy atom. The van der Waals surface area contributed by atoms with Gasteiger partial charge in [0.05, 0.1) is 17.0 Å². The van der Waals surface area contributed by atoms with Crippen LogP contribution in [0, 0.1) is 0 Å². The van der Waals surface area contributed by atoms with Crippen molar-refractivity contribution in [3.8, 4) is 9.88 Å². The van der Waals surface area contributed by atoms with Gasteiger partial charge in [-0.25, -0.2) is 4.98 Å². The fourth-order valence-corrected chi connectivity index (χ4v) is 2.94. The van der Waals surface area contributed by atoms with Gasteiger partial charge in [0.15, 0.2) is 0 Å². The van der Waals surface area contributed by atoms with E-state index in [1.165, 1.54) is 11.3 Å². The van der Waals surface area contributed by atoms with Crippen LogP contribution in [0.5, 0.6) is 0 Å². The number of aliphatic carboxylic acids is 1. The number of rotatable bonds is 5. The van der Waals surface area contributed by atoms with Gasteiger partial charge in [-0.15, -0.1) is 22.7 Å². The SMILES string of the molecule is O=C(O)CNC(=O)Cc1csc(-c2cccs2)n1. The van der Waals surface area contributed by atoms with Crippen LogP contribution in [0.1, 0.15) is 5.69 Å². The van der Waals surface area contributed by atoms with Gasteiger partial charge in [0.25, 0.3) is 0 Å². The highest BCUT2D eigenvalue weighted by Crippen LogP contribution is 2.27. The zero-order valence-electron chi connectivity index (χ0n) is 9.25. The number of nitrogens with one attached hydrogen (secondary N) is 1. The van der Waals surface area contributed by atoms with E-state index in [0.29, 0.717) is 5.69 Å². The van der Waals surface area contributed by atoms with Crippen LogP contribution in [-0.2, 0) is 16.0 Å². The molecule has 18 heavy (non-hydrogen) atoms. The molecule has 0 saturated heterocycles. The molecule has 0 aliphatic carbocycles. The molecule has 0 aliphatic heterocycles. The number of carbonyl (C=O) groups is 2. The summed E-state index contributed by atoms with van der Waals surface area (Å²) in [4.78, 5) is 27.1. The number of thiophene rings is 1.